The standard InChI is InChI=1S/C23H19N3O2/c27-23(26-25-15-18-14-24-21-12-6-4-10-19(18)21)16-28-22-13-7-5-11-20(22)17-8-2-1-3-9-17/h1-15,24H,16H2,(H,26,27)/b25-15+. The van der Waals surface area contributed by atoms with Crippen LogP contribution in [0, 0.1) is 0 Å². The highest BCUT2D eigenvalue weighted by molar-refractivity contribution is 5.99. The molecule has 2 N–H and O–H groups in total. The first-order valence-corrected chi connectivity index (χ1v) is 8.96. The van der Waals surface area contributed by atoms with E-state index in [1.54, 1.807) is 6.21 Å². The molecular weight excluding hydrogens is 350 g/mol. The van der Waals surface area contributed by atoms with Gasteiger partial charge in [0.2, 0.25) is 0 Å². The van der Waals surface area contributed by atoms with Gasteiger partial charge in [0.15, 0.2) is 6.61 Å². The second-order valence-corrected chi connectivity index (χ2v) is 6.23. The molecule has 5 heteroatoms. The molecule has 4 aromatic rings. The molecule has 0 aliphatic rings. The second-order valence-electron chi connectivity index (χ2n) is 6.23. The zero-order valence-corrected chi connectivity index (χ0v) is 15.1. The number of para-hydroxylation sites is 2. The van der Waals surface area contributed by atoms with Crippen molar-refractivity contribution in [1.29, 1.82) is 0 Å². The van der Waals surface area contributed by atoms with E-state index in [2.05, 4.69) is 15.5 Å². The highest BCUT2D eigenvalue weighted by Gasteiger charge is 2.08. The monoisotopic (exact) mass is 369 g/mol. The molecule has 0 spiro atoms. The predicted molar refractivity (Wildman–Crippen MR) is 111 cm³/mol. The molecule has 5 nitrogen and oxygen atoms in total. The number of aromatic nitrogens is 1. The third-order valence-corrected chi connectivity index (χ3v) is 4.34. The minimum absolute atomic E-state index is 0.116. The van der Waals surface area contributed by atoms with E-state index in [1.165, 1.54) is 0 Å². The third-order valence-electron chi connectivity index (χ3n) is 4.34. The van der Waals surface area contributed by atoms with Crippen molar-refractivity contribution in [3.8, 4) is 16.9 Å². The summed E-state index contributed by atoms with van der Waals surface area (Å²) >= 11 is 0. The van der Waals surface area contributed by atoms with Gasteiger partial charge < -0.3 is 9.72 Å². The molecule has 0 saturated heterocycles. The molecule has 1 aromatic heterocycles. The number of carbonyl (C=O) groups is 1. The molecule has 138 valence electrons. The lowest BCUT2D eigenvalue weighted by Gasteiger charge is -2.10. The Kier molecular flexibility index (Phi) is 5.15. The zero-order chi connectivity index (χ0) is 19.2. The number of amides is 1. The fourth-order valence-electron chi connectivity index (χ4n) is 3.00. The number of nitrogens with zero attached hydrogens (tertiary/aromatic N) is 1. The first-order chi connectivity index (χ1) is 13.8. The number of carbonyl (C=O) groups excluding carboxylic acids is 1. The topological polar surface area (TPSA) is 66.5 Å². The van der Waals surface area contributed by atoms with Gasteiger partial charge in [-0.1, -0.05) is 66.7 Å². The number of hydrogen-bond donors (Lipinski definition) is 2. The summed E-state index contributed by atoms with van der Waals surface area (Å²) in [5.41, 5.74) is 6.42. The number of H-pyrrole nitrogens is 1. The number of ether oxygens (including phenoxy) is 1. The van der Waals surface area contributed by atoms with Gasteiger partial charge in [0.25, 0.3) is 5.91 Å². The average Bonchev–Trinajstić information content (AvgIpc) is 3.16. The van der Waals surface area contributed by atoms with Crippen LogP contribution in [0.25, 0.3) is 22.0 Å². The van der Waals surface area contributed by atoms with E-state index in [0.29, 0.717) is 5.75 Å². The highest BCUT2D eigenvalue weighted by atomic mass is 16.5. The minimum atomic E-state index is -0.320. The van der Waals surface area contributed by atoms with E-state index >= 15 is 0 Å². The van der Waals surface area contributed by atoms with Crippen LogP contribution in [0.1, 0.15) is 5.56 Å². The van der Waals surface area contributed by atoms with Crippen LogP contribution in [-0.4, -0.2) is 23.7 Å². The summed E-state index contributed by atoms with van der Waals surface area (Å²) in [5, 5.41) is 5.08. The lowest BCUT2D eigenvalue weighted by Crippen LogP contribution is -2.24. The van der Waals surface area contributed by atoms with Crippen molar-refractivity contribution in [2.24, 2.45) is 5.10 Å². The molecule has 0 aliphatic carbocycles. The number of rotatable bonds is 6. The van der Waals surface area contributed by atoms with Crippen molar-refractivity contribution in [2.75, 3.05) is 6.61 Å². The van der Waals surface area contributed by atoms with Crippen LogP contribution < -0.4 is 10.2 Å². The Morgan fingerprint density at radius 2 is 1.71 bits per heavy atom. The van der Waals surface area contributed by atoms with E-state index in [4.69, 9.17) is 4.74 Å². The Morgan fingerprint density at radius 3 is 2.61 bits per heavy atom. The Balaban J connectivity index is 1.38. The first-order valence-electron chi connectivity index (χ1n) is 8.96. The lowest BCUT2D eigenvalue weighted by atomic mass is 10.1. The molecule has 0 bridgehead atoms. The summed E-state index contributed by atoms with van der Waals surface area (Å²) in [6, 6.07) is 25.5. The molecule has 3 aromatic carbocycles. The molecule has 0 saturated carbocycles. The number of benzene rings is 3. The maximum atomic E-state index is 12.1. The van der Waals surface area contributed by atoms with E-state index in [9.17, 15) is 4.79 Å². The second kappa shape index (κ2) is 8.22. The van der Waals surface area contributed by atoms with Crippen LogP contribution in [0.2, 0.25) is 0 Å². The smallest absolute Gasteiger partial charge is 0.277 e. The van der Waals surface area contributed by atoms with Gasteiger partial charge in [-0.2, -0.15) is 5.10 Å². The zero-order valence-electron chi connectivity index (χ0n) is 15.1. The largest absolute Gasteiger partial charge is 0.483 e. The normalized spacial score (nSPS) is 11.0. The Hall–Kier alpha value is -3.86. The van der Waals surface area contributed by atoms with Crippen molar-refractivity contribution in [2.45, 2.75) is 0 Å². The van der Waals surface area contributed by atoms with Crippen molar-refractivity contribution < 1.29 is 9.53 Å². The first kappa shape index (κ1) is 17.5. The van der Waals surface area contributed by atoms with Crippen molar-refractivity contribution in [1.82, 2.24) is 10.4 Å². The van der Waals surface area contributed by atoms with Gasteiger partial charge in [-0.15, -0.1) is 0 Å². The van der Waals surface area contributed by atoms with Crippen LogP contribution in [0.3, 0.4) is 0 Å². The molecule has 0 aliphatic heterocycles. The third kappa shape index (κ3) is 3.94. The lowest BCUT2D eigenvalue weighted by molar-refractivity contribution is -0.123. The number of hydrogen-bond acceptors (Lipinski definition) is 3. The fourth-order valence-corrected chi connectivity index (χ4v) is 3.00. The minimum Gasteiger partial charge on any atom is -0.483 e. The van der Waals surface area contributed by atoms with Gasteiger partial charge in [0.05, 0.1) is 6.21 Å². The summed E-state index contributed by atoms with van der Waals surface area (Å²) in [5.74, 6) is 0.336. The maximum absolute atomic E-state index is 12.1. The summed E-state index contributed by atoms with van der Waals surface area (Å²) in [6.45, 7) is -0.116. The number of fused-ring (bicyclic) bond motifs is 1. The number of nitrogens with one attached hydrogen (secondary N) is 2. The molecule has 0 radical (unpaired) electrons. The van der Waals surface area contributed by atoms with Gasteiger partial charge in [-0.05, 0) is 17.7 Å². The Morgan fingerprint density at radius 1 is 0.964 bits per heavy atom. The summed E-state index contributed by atoms with van der Waals surface area (Å²) in [6.07, 6.45) is 3.47. The van der Waals surface area contributed by atoms with E-state index in [-0.39, 0.29) is 12.5 Å². The maximum Gasteiger partial charge on any atom is 0.277 e. The average molecular weight is 369 g/mol. The van der Waals surface area contributed by atoms with Crippen LogP contribution in [-0.2, 0) is 4.79 Å². The number of hydrazone groups is 1. The summed E-state index contributed by atoms with van der Waals surface area (Å²) in [7, 11) is 0. The summed E-state index contributed by atoms with van der Waals surface area (Å²) in [4.78, 5) is 15.3. The fraction of sp³-hybridized carbons (Fsp3) is 0.0435. The van der Waals surface area contributed by atoms with Crippen LogP contribution in [0.5, 0.6) is 5.75 Å². The van der Waals surface area contributed by atoms with Gasteiger partial charge in [0.1, 0.15) is 5.75 Å². The quantitative estimate of drug-likeness (QED) is 0.392. The molecule has 0 unspecified atom stereocenters. The molecule has 1 heterocycles. The Labute approximate surface area is 162 Å². The van der Waals surface area contributed by atoms with Gasteiger partial charge in [-0.25, -0.2) is 5.43 Å². The molecular formula is C23H19N3O2. The van der Waals surface area contributed by atoms with Crippen LogP contribution in [0.4, 0.5) is 0 Å². The molecule has 0 fully saturated rings. The van der Waals surface area contributed by atoms with Crippen molar-refractivity contribution in [3.05, 3.63) is 90.6 Å². The highest BCUT2D eigenvalue weighted by Crippen LogP contribution is 2.29. The van der Waals surface area contributed by atoms with E-state index in [1.807, 2.05) is 85.1 Å². The van der Waals surface area contributed by atoms with Crippen molar-refractivity contribution in [3.63, 3.8) is 0 Å². The van der Waals surface area contributed by atoms with Crippen LogP contribution in [0.15, 0.2) is 90.2 Å². The SMILES string of the molecule is O=C(COc1ccccc1-c1ccccc1)N/N=C/c1c[nH]c2ccccc12. The van der Waals surface area contributed by atoms with Crippen LogP contribution >= 0.6 is 0 Å². The predicted octanol–water partition coefficient (Wildman–Crippen LogP) is 4.36. The summed E-state index contributed by atoms with van der Waals surface area (Å²) < 4.78 is 5.72. The molecule has 0 atom stereocenters. The molecule has 1 amide bonds. The van der Waals surface area contributed by atoms with Gasteiger partial charge >= 0.3 is 0 Å². The van der Waals surface area contributed by atoms with E-state index < -0.39 is 0 Å². The number of aromatic amines is 1. The Bertz CT molecular complexity index is 1120. The van der Waals surface area contributed by atoms with Gasteiger partial charge in [0, 0.05) is 28.2 Å². The van der Waals surface area contributed by atoms with Gasteiger partial charge in [-0.3, -0.25) is 4.79 Å². The van der Waals surface area contributed by atoms with Crippen molar-refractivity contribution >= 4 is 23.0 Å². The molecule has 4 rings (SSSR count). The molecule has 28 heavy (non-hydrogen) atoms. The van der Waals surface area contributed by atoms with E-state index in [0.717, 1.165) is 27.6 Å².